The van der Waals surface area contributed by atoms with E-state index in [2.05, 4.69) is 43.4 Å². The minimum Gasteiger partial charge on any atom is -0.378 e. The Morgan fingerprint density at radius 2 is 1.53 bits per heavy atom. The van der Waals surface area contributed by atoms with E-state index in [-0.39, 0.29) is 11.9 Å². The molecule has 2 saturated heterocycles. The second-order valence-corrected chi connectivity index (χ2v) is 10.8. The molecule has 0 atom stereocenters. The van der Waals surface area contributed by atoms with Crippen molar-refractivity contribution in [2.75, 3.05) is 68.0 Å². The minimum atomic E-state index is -0.372. The van der Waals surface area contributed by atoms with E-state index < -0.39 is 0 Å². The van der Waals surface area contributed by atoms with Crippen LogP contribution in [0.1, 0.15) is 30.1 Å². The van der Waals surface area contributed by atoms with Gasteiger partial charge in [-0.1, -0.05) is 0 Å². The topological polar surface area (TPSA) is 117 Å². The monoisotopic (exact) mass is 582 g/mol. The van der Waals surface area contributed by atoms with E-state index in [0.29, 0.717) is 42.5 Å². The lowest BCUT2D eigenvalue weighted by Gasteiger charge is -2.29. The molecule has 2 aromatic carbocycles. The summed E-state index contributed by atoms with van der Waals surface area (Å²) >= 11 is 0. The highest BCUT2D eigenvalue weighted by atomic mass is 16.5. The van der Waals surface area contributed by atoms with Gasteiger partial charge in [-0.25, -0.2) is 14.8 Å². The number of amides is 3. The average molecular weight is 583 g/mol. The molecule has 43 heavy (non-hydrogen) atoms. The van der Waals surface area contributed by atoms with Crippen molar-refractivity contribution in [1.29, 1.82) is 0 Å². The molecule has 0 radical (unpaired) electrons. The first-order valence-electron chi connectivity index (χ1n) is 15.1. The van der Waals surface area contributed by atoms with Crippen molar-refractivity contribution < 1.29 is 14.3 Å². The van der Waals surface area contributed by atoms with E-state index in [9.17, 15) is 9.59 Å². The molecule has 11 heteroatoms. The Morgan fingerprint density at radius 3 is 2.21 bits per heavy atom. The van der Waals surface area contributed by atoms with Gasteiger partial charge in [0.1, 0.15) is 5.52 Å². The molecule has 0 saturated carbocycles. The first-order chi connectivity index (χ1) is 21.1. The largest absolute Gasteiger partial charge is 0.378 e. The van der Waals surface area contributed by atoms with Crippen LogP contribution in [-0.2, 0) is 11.3 Å². The highest BCUT2D eigenvalue weighted by Crippen LogP contribution is 2.29. The third kappa shape index (κ3) is 6.79. The quantitative estimate of drug-likeness (QED) is 0.267. The van der Waals surface area contributed by atoms with Gasteiger partial charge in [0.05, 0.1) is 18.7 Å². The van der Waals surface area contributed by atoms with Crippen LogP contribution < -0.4 is 20.9 Å². The summed E-state index contributed by atoms with van der Waals surface area (Å²) in [5.74, 6) is 1.44. The molecule has 0 spiro atoms. The molecule has 3 amide bonds. The summed E-state index contributed by atoms with van der Waals surface area (Å²) in [5.41, 5.74) is 4.60. The van der Waals surface area contributed by atoms with Crippen LogP contribution in [0, 0.1) is 0 Å². The van der Waals surface area contributed by atoms with E-state index in [1.807, 2.05) is 30.3 Å². The number of fused-ring (bicyclic) bond motifs is 1. The third-order valence-corrected chi connectivity index (χ3v) is 7.96. The molecule has 4 aromatic rings. The van der Waals surface area contributed by atoms with Gasteiger partial charge >= 0.3 is 6.03 Å². The lowest BCUT2D eigenvalue weighted by Crippen LogP contribution is -2.37. The fourth-order valence-electron chi connectivity index (χ4n) is 5.61. The van der Waals surface area contributed by atoms with Crippen molar-refractivity contribution in [3.05, 3.63) is 66.4 Å². The molecule has 0 bridgehead atoms. The maximum absolute atomic E-state index is 12.7. The summed E-state index contributed by atoms with van der Waals surface area (Å²) in [6.07, 6.45) is 4.52. The van der Waals surface area contributed by atoms with E-state index in [1.54, 1.807) is 24.3 Å². The van der Waals surface area contributed by atoms with Crippen LogP contribution >= 0.6 is 0 Å². The summed E-state index contributed by atoms with van der Waals surface area (Å²) in [6, 6.07) is 16.0. The second kappa shape index (κ2) is 13.2. The van der Waals surface area contributed by atoms with Gasteiger partial charge in [0.2, 0.25) is 0 Å². The molecule has 11 nitrogen and oxygen atoms in total. The molecule has 0 unspecified atom stereocenters. The fourth-order valence-corrected chi connectivity index (χ4v) is 5.61. The number of morpholine rings is 1. The maximum Gasteiger partial charge on any atom is 0.323 e. The number of aryl methyl sites for hydroxylation is 1. The average Bonchev–Trinajstić information content (AvgIpc) is 3.72. The third-order valence-electron chi connectivity index (χ3n) is 7.96. The van der Waals surface area contributed by atoms with Crippen LogP contribution in [0.4, 0.5) is 22.0 Å². The van der Waals surface area contributed by atoms with Crippen LogP contribution in [0.25, 0.3) is 22.4 Å². The van der Waals surface area contributed by atoms with Gasteiger partial charge in [-0.15, -0.1) is 0 Å². The van der Waals surface area contributed by atoms with Crippen molar-refractivity contribution >= 4 is 40.2 Å². The Bertz CT molecular complexity index is 1560. The van der Waals surface area contributed by atoms with Gasteiger partial charge in [0.15, 0.2) is 11.6 Å². The number of ether oxygens (including phenoxy) is 1. The maximum atomic E-state index is 12.7. The van der Waals surface area contributed by atoms with Gasteiger partial charge in [-0.2, -0.15) is 0 Å². The van der Waals surface area contributed by atoms with Crippen molar-refractivity contribution in [1.82, 2.24) is 24.8 Å². The Morgan fingerprint density at radius 1 is 0.860 bits per heavy atom. The number of hydrogen-bond acceptors (Lipinski definition) is 7. The predicted octanol–water partition coefficient (Wildman–Crippen LogP) is 4.42. The number of rotatable bonds is 9. The number of nitrogens with one attached hydrogen (secondary N) is 3. The van der Waals surface area contributed by atoms with Crippen LogP contribution in [-0.4, -0.2) is 83.9 Å². The van der Waals surface area contributed by atoms with Gasteiger partial charge < -0.3 is 35.1 Å². The Labute approximate surface area is 251 Å². The van der Waals surface area contributed by atoms with E-state index in [4.69, 9.17) is 14.7 Å². The molecule has 3 N–H and O–H groups in total. The molecule has 224 valence electrons. The van der Waals surface area contributed by atoms with Gasteiger partial charge in [0, 0.05) is 61.4 Å². The van der Waals surface area contributed by atoms with E-state index >= 15 is 0 Å². The highest BCUT2D eigenvalue weighted by Gasteiger charge is 2.20. The van der Waals surface area contributed by atoms with Crippen molar-refractivity contribution in [3.8, 4) is 11.4 Å². The van der Waals surface area contributed by atoms with E-state index in [0.717, 1.165) is 61.7 Å². The van der Waals surface area contributed by atoms with Gasteiger partial charge in [0.25, 0.3) is 5.91 Å². The molecule has 2 aromatic heterocycles. The Kier molecular flexibility index (Phi) is 8.80. The van der Waals surface area contributed by atoms with Crippen LogP contribution in [0.15, 0.2) is 60.8 Å². The summed E-state index contributed by atoms with van der Waals surface area (Å²) in [4.78, 5) is 39.6. The molecule has 2 fully saturated rings. The van der Waals surface area contributed by atoms with Gasteiger partial charge in [-0.3, -0.25) is 4.79 Å². The number of anilines is 3. The number of urea groups is 1. The smallest absolute Gasteiger partial charge is 0.323 e. The lowest BCUT2D eigenvalue weighted by atomic mass is 10.2. The molecular weight excluding hydrogens is 544 g/mol. The number of hydrogen-bond donors (Lipinski definition) is 3. The number of carbonyl (C=O) groups excluding carboxylic acids is 2. The first-order valence-corrected chi connectivity index (χ1v) is 15.1. The molecule has 4 heterocycles. The van der Waals surface area contributed by atoms with E-state index in [1.165, 1.54) is 12.8 Å². The summed E-state index contributed by atoms with van der Waals surface area (Å²) < 4.78 is 7.74. The number of aromatic nitrogens is 3. The minimum absolute atomic E-state index is 0.113. The summed E-state index contributed by atoms with van der Waals surface area (Å²) in [5, 5.41) is 8.66. The second-order valence-electron chi connectivity index (χ2n) is 10.8. The van der Waals surface area contributed by atoms with Gasteiger partial charge in [-0.05, 0) is 87.5 Å². The molecule has 6 rings (SSSR count). The van der Waals surface area contributed by atoms with Crippen molar-refractivity contribution in [2.45, 2.75) is 26.3 Å². The number of benzene rings is 2. The van der Waals surface area contributed by atoms with Crippen LogP contribution in [0.3, 0.4) is 0 Å². The molecule has 0 aliphatic carbocycles. The number of likely N-dealkylation sites (tertiary alicyclic amines) is 1. The first kappa shape index (κ1) is 28.6. The summed E-state index contributed by atoms with van der Waals surface area (Å²) in [7, 11) is 0. The van der Waals surface area contributed by atoms with Crippen molar-refractivity contribution in [2.24, 2.45) is 0 Å². The van der Waals surface area contributed by atoms with Crippen molar-refractivity contribution in [3.63, 3.8) is 0 Å². The zero-order valence-corrected chi connectivity index (χ0v) is 24.5. The zero-order chi connectivity index (χ0) is 29.6. The Balaban J connectivity index is 1.07. The Hall–Kier alpha value is -4.48. The van der Waals surface area contributed by atoms with Crippen LogP contribution in [0.5, 0.6) is 0 Å². The number of carbonyl (C=O) groups is 2. The normalized spacial score (nSPS) is 15.5. The number of nitrogens with zero attached hydrogens (tertiary/aromatic N) is 5. The SMILES string of the molecule is CCn1ccc2nc(-c3ccc(NC(=O)Nc4ccc(C(=O)NCCN5CCCC5)cc4)cc3)nc(N3CCOCC3)c21. The zero-order valence-electron chi connectivity index (χ0n) is 24.5. The summed E-state index contributed by atoms with van der Waals surface area (Å²) in [6.45, 7) is 9.59. The molecule has 2 aliphatic rings. The molecular formula is C32H38N8O3. The molecule has 2 aliphatic heterocycles. The highest BCUT2D eigenvalue weighted by molar-refractivity contribution is 6.00. The lowest BCUT2D eigenvalue weighted by molar-refractivity contribution is 0.0949. The van der Waals surface area contributed by atoms with Crippen LogP contribution in [0.2, 0.25) is 0 Å². The fraction of sp³-hybridized carbons (Fsp3) is 0.375. The standard InChI is InChI=1S/C32H38N8O3/c1-2-39-17-13-27-28(39)30(40-19-21-43-22-20-40)37-29(36-27)23-5-9-25(10-6-23)34-32(42)35-26-11-7-24(8-12-26)31(41)33-14-18-38-15-3-4-16-38/h5-13,17H,2-4,14-16,18-22H2,1H3,(H,33,41)(H2,34,35,42). The predicted molar refractivity (Wildman–Crippen MR) is 169 cm³/mol.